The Balaban J connectivity index is 1.82. The highest BCUT2D eigenvalue weighted by molar-refractivity contribution is 9.11. The molecule has 0 amide bonds. The molecule has 130 valence electrons. The van der Waals surface area contributed by atoms with E-state index in [1.165, 1.54) is 33.0 Å². The summed E-state index contributed by atoms with van der Waals surface area (Å²) in [6.07, 6.45) is 0. The average molecular weight is 477 g/mol. The fraction of sp³-hybridized carbons (Fsp3) is 0. The van der Waals surface area contributed by atoms with Crippen LogP contribution in [0.2, 0.25) is 0 Å². The Hall–Kier alpha value is -2.36. The van der Waals surface area contributed by atoms with E-state index in [4.69, 9.17) is 0 Å². The van der Waals surface area contributed by atoms with Crippen LogP contribution in [0.5, 0.6) is 0 Å². The summed E-state index contributed by atoms with van der Waals surface area (Å²) in [4.78, 5) is 3.58. The van der Waals surface area contributed by atoms with Crippen LogP contribution in [0.3, 0.4) is 0 Å². The minimum absolute atomic E-state index is 1.07. The number of benzene rings is 4. The molecule has 1 heterocycles. The number of hydrogen-bond acceptors (Lipinski definition) is 0. The Bertz CT molecular complexity index is 1170. The Morgan fingerprint density at radius 3 is 1.30 bits per heavy atom. The van der Waals surface area contributed by atoms with Crippen molar-refractivity contribution in [3.05, 3.63) is 93.9 Å². The highest BCUT2D eigenvalue weighted by atomic mass is 79.9. The van der Waals surface area contributed by atoms with Crippen molar-refractivity contribution in [2.75, 3.05) is 0 Å². The standard InChI is InChI=1S/C24H15Br2N/c25-21-13-17(15-7-3-1-4-8-15)11-19-20-12-18(16-9-5-2-6-10-16)14-22(26)24(20)27-23(19)21/h1-14,27H. The van der Waals surface area contributed by atoms with Gasteiger partial charge in [-0.1, -0.05) is 60.7 Å². The molecule has 0 saturated carbocycles. The summed E-state index contributed by atoms with van der Waals surface area (Å²) in [5.41, 5.74) is 7.08. The molecule has 0 aliphatic heterocycles. The smallest absolute Gasteiger partial charge is 0.0609 e. The quantitative estimate of drug-likeness (QED) is 0.264. The van der Waals surface area contributed by atoms with Gasteiger partial charge in [-0.25, -0.2) is 0 Å². The van der Waals surface area contributed by atoms with E-state index < -0.39 is 0 Å². The Kier molecular flexibility index (Phi) is 4.14. The maximum absolute atomic E-state index is 3.76. The molecule has 1 N–H and O–H groups in total. The van der Waals surface area contributed by atoms with E-state index in [9.17, 15) is 0 Å². The van der Waals surface area contributed by atoms with Gasteiger partial charge in [0, 0.05) is 19.7 Å². The summed E-state index contributed by atoms with van der Waals surface area (Å²) in [7, 11) is 0. The number of fused-ring (bicyclic) bond motifs is 3. The summed E-state index contributed by atoms with van der Waals surface area (Å²) in [5.74, 6) is 0. The molecule has 0 saturated heterocycles. The van der Waals surface area contributed by atoms with Crippen LogP contribution in [0.4, 0.5) is 0 Å². The first kappa shape index (κ1) is 16.8. The molecule has 5 rings (SSSR count). The lowest BCUT2D eigenvalue weighted by molar-refractivity contribution is 1.51. The third-order valence-electron chi connectivity index (χ3n) is 4.93. The summed E-state index contributed by atoms with van der Waals surface area (Å²) in [6, 6.07) is 29.9. The lowest BCUT2D eigenvalue weighted by Gasteiger charge is -2.05. The van der Waals surface area contributed by atoms with Gasteiger partial charge in [-0.05, 0) is 78.4 Å². The Morgan fingerprint density at radius 2 is 0.889 bits per heavy atom. The second-order valence-corrected chi connectivity index (χ2v) is 8.33. The number of rotatable bonds is 2. The van der Waals surface area contributed by atoms with Crippen LogP contribution in [0.15, 0.2) is 93.9 Å². The van der Waals surface area contributed by atoms with E-state index in [0.717, 1.165) is 20.0 Å². The molecule has 0 aliphatic carbocycles. The number of halogens is 2. The fourth-order valence-electron chi connectivity index (χ4n) is 3.61. The number of H-pyrrole nitrogens is 1. The minimum atomic E-state index is 1.07. The summed E-state index contributed by atoms with van der Waals surface area (Å²) in [6.45, 7) is 0. The van der Waals surface area contributed by atoms with E-state index >= 15 is 0 Å². The van der Waals surface area contributed by atoms with Crippen LogP contribution < -0.4 is 0 Å². The van der Waals surface area contributed by atoms with Gasteiger partial charge in [-0.3, -0.25) is 0 Å². The fourth-order valence-corrected chi connectivity index (χ4v) is 4.73. The van der Waals surface area contributed by atoms with Crippen molar-refractivity contribution in [2.45, 2.75) is 0 Å². The third-order valence-corrected chi connectivity index (χ3v) is 6.19. The largest absolute Gasteiger partial charge is 0.353 e. The van der Waals surface area contributed by atoms with Gasteiger partial charge in [-0.15, -0.1) is 0 Å². The number of hydrogen-bond donors (Lipinski definition) is 1. The molecule has 4 aromatic carbocycles. The molecule has 27 heavy (non-hydrogen) atoms. The number of aromatic nitrogens is 1. The van der Waals surface area contributed by atoms with Gasteiger partial charge in [0.25, 0.3) is 0 Å². The molecular formula is C24H15Br2N. The van der Waals surface area contributed by atoms with Gasteiger partial charge in [0.1, 0.15) is 0 Å². The Morgan fingerprint density at radius 1 is 0.481 bits per heavy atom. The van der Waals surface area contributed by atoms with Gasteiger partial charge in [0.05, 0.1) is 11.0 Å². The zero-order chi connectivity index (χ0) is 18.4. The van der Waals surface area contributed by atoms with E-state index in [0.29, 0.717) is 0 Å². The summed E-state index contributed by atoms with van der Waals surface area (Å²) in [5, 5.41) is 2.44. The second-order valence-electron chi connectivity index (χ2n) is 6.62. The zero-order valence-electron chi connectivity index (χ0n) is 14.3. The molecule has 5 aromatic rings. The van der Waals surface area contributed by atoms with Gasteiger partial charge < -0.3 is 4.98 Å². The molecule has 0 atom stereocenters. The number of nitrogens with one attached hydrogen (secondary N) is 1. The van der Waals surface area contributed by atoms with Gasteiger partial charge in [-0.2, -0.15) is 0 Å². The van der Waals surface area contributed by atoms with E-state index in [-0.39, 0.29) is 0 Å². The van der Waals surface area contributed by atoms with Crippen LogP contribution in [-0.2, 0) is 0 Å². The van der Waals surface area contributed by atoms with Gasteiger partial charge >= 0.3 is 0 Å². The first-order valence-corrected chi connectivity index (χ1v) is 10.3. The van der Waals surface area contributed by atoms with Crippen molar-refractivity contribution >= 4 is 53.7 Å². The molecule has 0 spiro atoms. The predicted molar refractivity (Wildman–Crippen MR) is 122 cm³/mol. The molecule has 1 nitrogen and oxygen atoms in total. The van der Waals surface area contributed by atoms with Crippen LogP contribution in [0.1, 0.15) is 0 Å². The lowest BCUT2D eigenvalue weighted by Crippen LogP contribution is -1.80. The molecule has 0 unspecified atom stereocenters. The molecule has 3 heteroatoms. The van der Waals surface area contributed by atoms with Crippen LogP contribution in [0.25, 0.3) is 44.1 Å². The molecular weight excluding hydrogens is 462 g/mol. The van der Waals surface area contributed by atoms with Crippen molar-refractivity contribution < 1.29 is 0 Å². The average Bonchev–Trinajstić information content (AvgIpc) is 3.09. The van der Waals surface area contributed by atoms with Crippen molar-refractivity contribution in [2.24, 2.45) is 0 Å². The Labute approximate surface area is 174 Å². The van der Waals surface area contributed by atoms with Crippen LogP contribution in [0, 0.1) is 0 Å². The topological polar surface area (TPSA) is 15.8 Å². The predicted octanol–water partition coefficient (Wildman–Crippen LogP) is 8.18. The third kappa shape index (κ3) is 2.91. The minimum Gasteiger partial charge on any atom is -0.353 e. The molecule has 0 aliphatic rings. The maximum Gasteiger partial charge on any atom is 0.0609 e. The lowest BCUT2D eigenvalue weighted by atomic mass is 10.0. The first-order chi connectivity index (χ1) is 13.2. The van der Waals surface area contributed by atoms with Crippen molar-refractivity contribution in [3.8, 4) is 22.3 Å². The van der Waals surface area contributed by atoms with Crippen molar-refractivity contribution in [3.63, 3.8) is 0 Å². The zero-order valence-corrected chi connectivity index (χ0v) is 17.5. The maximum atomic E-state index is 3.76. The normalized spacial score (nSPS) is 11.3. The van der Waals surface area contributed by atoms with Crippen LogP contribution >= 0.6 is 31.9 Å². The van der Waals surface area contributed by atoms with Crippen molar-refractivity contribution in [1.29, 1.82) is 0 Å². The summed E-state index contributed by atoms with van der Waals surface area (Å²) >= 11 is 7.53. The summed E-state index contributed by atoms with van der Waals surface area (Å²) < 4.78 is 2.14. The van der Waals surface area contributed by atoms with Crippen LogP contribution in [-0.4, -0.2) is 4.98 Å². The van der Waals surface area contributed by atoms with Gasteiger partial charge in [0.2, 0.25) is 0 Å². The van der Waals surface area contributed by atoms with E-state index in [1.54, 1.807) is 0 Å². The molecule has 0 radical (unpaired) electrons. The first-order valence-electron chi connectivity index (χ1n) is 8.76. The van der Waals surface area contributed by atoms with Crippen molar-refractivity contribution in [1.82, 2.24) is 4.98 Å². The highest BCUT2D eigenvalue weighted by Crippen LogP contribution is 2.39. The molecule has 0 fully saturated rings. The second kappa shape index (κ2) is 6.66. The number of aromatic amines is 1. The van der Waals surface area contributed by atoms with E-state index in [2.05, 4.69) is 110 Å². The molecule has 0 bridgehead atoms. The monoisotopic (exact) mass is 475 g/mol. The SMILES string of the molecule is Brc1cc(-c2ccccc2)cc2c1[nH]c1c(Br)cc(-c3ccccc3)cc12. The van der Waals surface area contributed by atoms with Gasteiger partial charge in [0.15, 0.2) is 0 Å². The molecule has 1 aromatic heterocycles. The van der Waals surface area contributed by atoms with E-state index in [1.807, 2.05) is 12.1 Å². The highest BCUT2D eigenvalue weighted by Gasteiger charge is 2.13.